The van der Waals surface area contributed by atoms with Crippen molar-refractivity contribution in [2.24, 2.45) is 0 Å². The second-order valence-electron chi connectivity index (χ2n) is 9.50. The molecule has 0 radical (unpaired) electrons. The van der Waals surface area contributed by atoms with Crippen LogP contribution in [0.2, 0.25) is 0 Å². The number of piperidine rings is 1. The smallest absolute Gasteiger partial charge is 0.364 e. The Labute approximate surface area is 224 Å². The summed E-state index contributed by atoms with van der Waals surface area (Å²) >= 11 is 0. The molecule has 39 heavy (non-hydrogen) atoms. The van der Waals surface area contributed by atoms with Crippen molar-refractivity contribution in [3.63, 3.8) is 0 Å². The molecule has 1 fully saturated rings. The molecule has 1 aliphatic rings. The first-order valence-corrected chi connectivity index (χ1v) is 12.8. The van der Waals surface area contributed by atoms with Gasteiger partial charge in [-0.2, -0.15) is 5.26 Å². The van der Waals surface area contributed by atoms with Gasteiger partial charge in [-0.05, 0) is 24.5 Å². The molecule has 4 heterocycles. The highest BCUT2D eigenvalue weighted by molar-refractivity contribution is 5.85. The summed E-state index contributed by atoms with van der Waals surface area (Å²) in [5.74, 6) is 0.875. The fourth-order valence-electron chi connectivity index (χ4n) is 4.89. The number of nitrogens with one attached hydrogen (secondary N) is 1. The Bertz CT molecular complexity index is 1700. The molecule has 192 valence electrons. The van der Waals surface area contributed by atoms with Gasteiger partial charge < -0.3 is 9.73 Å². The zero-order valence-electron chi connectivity index (χ0n) is 21.1. The number of likely N-dealkylation sites (tertiary alicyclic amines) is 1. The van der Waals surface area contributed by atoms with Crippen molar-refractivity contribution in [3.05, 3.63) is 101 Å². The zero-order chi connectivity index (χ0) is 26.6. The van der Waals surface area contributed by atoms with E-state index < -0.39 is 5.63 Å². The highest BCUT2D eigenvalue weighted by atomic mass is 16.4. The van der Waals surface area contributed by atoms with Gasteiger partial charge in [0, 0.05) is 49.1 Å². The van der Waals surface area contributed by atoms with Crippen molar-refractivity contribution in [2.75, 3.05) is 18.4 Å². The minimum Gasteiger partial charge on any atom is -0.430 e. The lowest BCUT2D eigenvalue weighted by atomic mass is 10.0. The molecule has 0 atom stereocenters. The SMILES string of the molecule is N#Cc1nccc(NC2CCN(Cc3ccc(-c4nc5ccoc(=O)c5nc4-c4ccccc4)cc3)CC2)n1. The summed E-state index contributed by atoms with van der Waals surface area (Å²) in [4.78, 5) is 32.4. The first-order chi connectivity index (χ1) is 19.2. The highest BCUT2D eigenvalue weighted by Gasteiger charge is 2.20. The van der Waals surface area contributed by atoms with Crippen LogP contribution in [0.3, 0.4) is 0 Å². The van der Waals surface area contributed by atoms with Gasteiger partial charge in [0.05, 0.1) is 17.7 Å². The Kier molecular flexibility index (Phi) is 6.76. The van der Waals surface area contributed by atoms with E-state index in [0.717, 1.165) is 49.3 Å². The first-order valence-electron chi connectivity index (χ1n) is 12.8. The van der Waals surface area contributed by atoms with Crippen molar-refractivity contribution in [3.8, 4) is 28.6 Å². The molecule has 9 nitrogen and oxygen atoms in total. The molecule has 9 heteroatoms. The van der Waals surface area contributed by atoms with Crippen LogP contribution in [0.4, 0.5) is 5.82 Å². The average Bonchev–Trinajstić information content (AvgIpc) is 2.99. The Morgan fingerprint density at radius 1 is 0.923 bits per heavy atom. The predicted octanol–water partition coefficient (Wildman–Crippen LogP) is 4.66. The van der Waals surface area contributed by atoms with E-state index in [1.54, 1.807) is 18.3 Å². The fourth-order valence-corrected chi connectivity index (χ4v) is 4.89. The summed E-state index contributed by atoms with van der Waals surface area (Å²) < 4.78 is 5.03. The molecule has 1 aliphatic heterocycles. The van der Waals surface area contributed by atoms with Gasteiger partial charge in [-0.25, -0.2) is 24.7 Å². The van der Waals surface area contributed by atoms with E-state index in [1.807, 2.05) is 36.4 Å². The molecule has 3 aromatic heterocycles. The van der Waals surface area contributed by atoms with E-state index in [4.69, 9.17) is 14.7 Å². The number of hydrogen-bond acceptors (Lipinski definition) is 9. The molecular weight excluding hydrogens is 490 g/mol. The monoisotopic (exact) mass is 515 g/mol. The van der Waals surface area contributed by atoms with Gasteiger partial charge >= 0.3 is 5.63 Å². The maximum absolute atomic E-state index is 12.3. The van der Waals surface area contributed by atoms with Crippen LogP contribution in [-0.2, 0) is 6.54 Å². The van der Waals surface area contributed by atoms with Gasteiger partial charge in [0.2, 0.25) is 5.82 Å². The summed E-state index contributed by atoms with van der Waals surface area (Å²) in [5, 5.41) is 12.4. The van der Waals surface area contributed by atoms with Crippen LogP contribution in [0, 0.1) is 11.3 Å². The molecule has 0 aliphatic carbocycles. The van der Waals surface area contributed by atoms with Crippen LogP contribution in [0.1, 0.15) is 24.2 Å². The molecule has 5 aromatic rings. The standard InChI is InChI=1S/C30H25N7O2/c31-18-26-32-14-10-25(35-26)33-23-11-15-37(16-12-23)19-20-6-8-22(9-7-20)27-28(21-4-2-1-3-5-21)36-29-24(34-27)13-17-39-30(29)38/h1-10,13-14,17,23H,11-12,15-16,19H2,(H,32,33,35). The number of hydrogen-bond donors (Lipinski definition) is 1. The van der Waals surface area contributed by atoms with Crippen molar-refractivity contribution in [2.45, 2.75) is 25.4 Å². The average molecular weight is 516 g/mol. The lowest BCUT2D eigenvalue weighted by Crippen LogP contribution is -2.38. The van der Waals surface area contributed by atoms with Gasteiger partial charge in [0.25, 0.3) is 0 Å². The van der Waals surface area contributed by atoms with E-state index >= 15 is 0 Å². The Morgan fingerprint density at radius 2 is 1.67 bits per heavy atom. The largest absolute Gasteiger partial charge is 0.430 e. The van der Waals surface area contributed by atoms with Crippen LogP contribution in [0.25, 0.3) is 33.5 Å². The van der Waals surface area contributed by atoms with Crippen LogP contribution < -0.4 is 10.9 Å². The molecule has 0 unspecified atom stereocenters. The first kappa shape index (κ1) is 24.4. The lowest BCUT2D eigenvalue weighted by Gasteiger charge is -2.32. The minimum absolute atomic E-state index is 0.178. The number of rotatable bonds is 6. The topological polar surface area (TPSA) is 121 Å². The van der Waals surface area contributed by atoms with E-state index in [0.29, 0.717) is 23.1 Å². The maximum atomic E-state index is 12.3. The third-order valence-corrected chi connectivity index (χ3v) is 6.89. The van der Waals surface area contributed by atoms with Crippen LogP contribution in [-0.4, -0.2) is 44.0 Å². The Hall–Kier alpha value is -4.94. The number of anilines is 1. The van der Waals surface area contributed by atoms with E-state index in [-0.39, 0.29) is 11.3 Å². The normalized spacial score (nSPS) is 14.2. The molecule has 1 N–H and O–H groups in total. The predicted molar refractivity (Wildman–Crippen MR) is 148 cm³/mol. The number of aromatic nitrogens is 4. The molecule has 0 bridgehead atoms. The van der Waals surface area contributed by atoms with E-state index in [9.17, 15) is 4.79 Å². The minimum atomic E-state index is -0.498. The highest BCUT2D eigenvalue weighted by Crippen LogP contribution is 2.30. The molecule has 0 spiro atoms. The number of benzene rings is 2. The van der Waals surface area contributed by atoms with E-state index in [2.05, 4.69) is 49.4 Å². The van der Waals surface area contributed by atoms with Gasteiger partial charge in [0.1, 0.15) is 17.4 Å². The molecule has 0 saturated carbocycles. The Morgan fingerprint density at radius 3 is 2.44 bits per heavy atom. The van der Waals surface area contributed by atoms with Gasteiger partial charge in [-0.1, -0.05) is 54.6 Å². The van der Waals surface area contributed by atoms with Crippen molar-refractivity contribution in [1.29, 1.82) is 5.26 Å². The quantitative estimate of drug-likeness (QED) is 0.344. The van der Waals surface area contributed by atoms with Crippen LogP contribution >= 0.6 is 0 Å². The second-order valence-corrected chi connectivity index (χ2v) is 9.50. The Balaban J connectivity index is 1.17. The van der Waals surface area contributed by atoms with Crippen molar-refractivity contribution >= 4 is 16.9 Å². The summed E-state index contributed by atoms with van der Waals surface area (Å²) in [5.41, 5.74) is 4.64. The third kappa shape index (κ3) is 5.37. The zero-order valence-corrected chi connectivity index (χ0v) is 21.1. The van der Waals surface area contributed by atoms with Crippen molar-refractivity contribution in [1.82, 2.24) is 24.8 Å². The summed E-state index contributed by atoms with van der Waals surface area (Å²) in [6.45, 7) is 2.79. The molecule has 2 aromatic carbocycles. The fraction of sp³-hybridized carbons (Fsp3) is 0.200. The molecular formula is C30H25N7O2. The summed E-state index contributed by atoms with van der Waals surface area (Å²) in [6.07, 6.45) is 4.94. The van der Waals surface area contributed by atoms with Crippen LogP contribution in [0.5, 0.6) is 0 Å². The van der Waals surface area contributed by atoms with Crippen molar-refractivity contribution < 1.29 is 4.42 Å². The molecule has 1 saturated heterocycles. The van der Waals surface area contributed by atoms with Gasteiger partial charge in [0.15, 0.2) is 5.52 Å². The second kappa shape index (κ2) is 10.8. The number of nitriles is 1. The van der Waals surface area contributed by atoms with Gasteiger partial charge in [-0.15, -0.1) is 0 Å². The maximum Gasteiger partial charge on any atom is 0.364 e. The summed E-state index contributed by atoms with van der Waals surface area (Å²) in [7, 11) is 0. The number of fused-ring (bicyclic) bond motifs is 1. The third-order valence-electron chi connectivity index (χ3n) is 6.89. The molecule has 6 rings (SSSR count). The summed E-state index contributed by atoms with van der Waals surface area (Å²) in [6, 6.07) is 23.9. The number of nitrogens with zero attached hydrogens (tertiary/aromatic N) is 6. The van der Waals surface area contributed by atoms with Gasteiger partial charge in [-0.3, -0.25) is 4.90 Å². The molecule has 0 amide bonds. The van der Waals surface area contributed by atoms with Crippen LogP contribution in [0.15, 0.2) is 88.4 Å². The lowest BCUT2D eigenvalue weighted by molar-refractivity contribution is 0.211. The van der Waals surface area contributed by atoms with E-state index in [1.165, 1.54) is 11.8 Å².